The van der Waals surface area contributed by atoms with Gasteiger partial charge < -0.3 is 10.4 Å². The summed E-state index contributed by atoms with van der Waals surface area (Å²) in [7, 11) is 1.83. The number of anilines is 1. The van der Waals surface area contributed by atoms with Gasteiger partial charge in [-0.3, -0.25) is 0 Å². The molecule has 100 valence electrons. The van der Waals surface area contributed by atoms with Crippen LogP contribution in [0.15, 0.2) is 28.7 Å². The summed E-state index contributed by atoms with van der Waals surface area (Å²) in [6.45, 7) is 2.11. The zero-order valence-electron chi connectivity index (χ0n) is 10.9. The molecule has 0 amide bonds. The van der Waals surface area contributed by atoms with Gasteiger partial charge in [-0.1, -0.05) is 25.5 Å². The van der Waals surface area contributed by atoms with Crippen molar-refractivity contribution < 1.29 is 5.11 Å². The summed E-state index contributed by atoms with van der Waals surface area (Å²) < 4.78 is 0.903. The Morgan fingerprint density at radius 1 is 1.32 bits per heavy atom. The van der Waals surface area contributed by atoms with E-state index in [0.29, 0.717) is 5.82 Å². The average molecular weight is 322 g/mol. The van der Waals surface area contributed by atoms with E-state index in [2.05, 4.69) is 38.1 Å². The zero-order chi connectivity index (χ0) is 13.8. The van der Waals surface area contributed by atoms with Gasteiger partial charge in [0.2, 0.25) is 0 Å². The molecule has 0 saturated carbocycles. The normalized spacial score (nSPS) is 10.5. The molecule has 0 aliphatic heterocycles. The molecule has 19 heavy (non-hydrogen) atoms. The van der Waals surface area contributed by atoms with Crippen molar-refractivity contribution in [2.45, 2.75) is 19.8 Å². The minimum atomic E-state index is 0.215. The van der Waals surface area contributed by atoms with E-state index in [4.69, 9.17) is 0 Å². The van der Waals surface area contributed by atoms with Crippen molar-refractivity contribution in [3.8, 4) is 17.1 Å². The minimum absolute atomic E-state index is 0.215. The van der Waals surface area contributed by atoms with E-state index >= 15 is 0 Å². The van der Waals surface area contributed by atoms with Crippen molar-refractivity contribution >= 4 is 21.7 Å². The van der Waals surface area contributed by atoms with Crippen molar-refractivity contribution in [3.05, 3.63) is 34.4 Å². The van der Waals surface area contributed by atoms with Crippen molar-refractivity contribution in [1.82, 2.24) is 9.97 Å². The lowest BCUT2D eigenvalue weighted by molar-refractivity contribution is 0.475. The molecule has 0 aliphatic rings. The predicted octanol–water partition coefficient (Wildman–Crippen LogP) is 3.61. The second-order valence-electron chi connectivity index (χ2n) is 4.21. The summed E-state index contributed by atoms with van der Waals surface area (Å²) in [6, 6.07) is 6.97. The van der Waals surface area contributed by atoms with E-state index in [1.807, 2.05) is 13.1 Å². The molecule has 2 N–H and O–H groups in total. The number of nitrogens with one attached hydrogen (secondary N) is 1. The largest absolute Gasteiger partial charge is 0.508 e. The highest BCUT2D eigenvalue weighted by Gasteiger charge is 2.12. The van der Waals surface area contributed by atoms with Crippen LogP contribution in [0.2, 0.25) is 0 Å². The second kappa shape index (κ2) is 6.02. The van der Waals surface area contributed by atoms with E-state index in [9.17, 15) is 5.11 Å². The van der Waals surface area contributed by atoms with Crippen LogP contribution in [0.1, 0.15) is 19.0 Å². The molecule has 5 heteroatoms. The molecule has 1 aromatic heterocycles. The predicted molar refractivity (Wildman–Crippen MR) is 80.4 cm³/mol. The molecule has 0 spiro atoms. The van der Waals surface area contributed by atoms with E-state index in [-0.39, 0.29) is 5.75 Å². The van der Waals surface area contributed by atoms with Crippen molar-refractivity contribution in [1.29, 1.82) is 0 Å². The van der Waals surface area contributed by atoms with Crippen LogP contribution in [0.5, 0.6) is 5.75 Å². The van der Waals surface area contributed by atoms with E-state index in [1.54, 1.807) is 18.2 Å². The van der Waals surface area contributed by atoms with Gasteiger partial charge in [0.25, 0.3) is 0 Å². The standard InChI is InChI=1S/C14H16BrN3O/c1-3-5-11-12(15)14(16-2)18-13(17-11)9-6-4-7-10(19)8-9/h4,6-8,19H,3,5H2,1-2H3,(H,16,17,18). The van der Waals surface area contributed by atoms with Crippen molar-refractivity contribution in [2.24, 2.45) is 0 Å². The Morgan fingerprint density at radius 3 is 2.74 bits per heavy atom. The first-order chi connectivity index (χ1) is 9.15. The van der Waals surface area contributed by atoms with Crippen LogP contribution >= 0.6 is 15.9 Å². The Labute approximate surface area is 121 Å². The van der Waals surface area contributed by atoms with Crippen LogP contribution in [0.25, 0.3) is 11.4 Å². The number of benzene rings is 1. The van der Waals surface area contributed by atoms with Crippen LogP contribution in [-0.2, 0) is 6.42 Å². The number of phenolic OH excluding ortho intramolecular Hbond substituents is 1. The topological polar surface area (TPSA) is 58.0 Å². The van der Waals surface area contributed by atoms with Gasteiger partial charge in [-0.05, 0) is 34.5 Å². The lowest BCUT2D eigenvalue weighted by Crippen LogP contribution is -2.03. The second-order valence-corrected chi connectivity index (χ2v) is 5.00. The van der Waals surface area contributed by atoms with Crippen LogP contribution in [0.3, 0.4) is 0 Å². The Hall–Kier alpha value is -1.62. The maximum absolute atomic E-state index is 9.55. The fraction of sp³-hybridized carbons (Fsp3) is 0.286. The Morgan fingerprint density at radius 2 is 2.11 bits per heavy atom. The number of nitrogens with zero attached hydrogens (tertiary/aromatic N) is 2. The van der Waals surface area contributed by atoms with Gasteiger partial charge in [-0.25, -0.2) is 9.97 Å². The summed E-state index contributed by atoms with van der Waals surface area (Å²) in [4.78, 5) is 9.04. The van der Waals surface area contributed by atoms with Crippen LogP contribution < -0.4 is 5.32 Å². The molecule has 0 aliphatic carbocycles. The molecule has 0 atom stereocenters. The van der Waals surface area contributed by atoms with Crippen LogP contribution in [0.4, 0.5) is 5.82 Å². The van der Waals surface area contributed by atoms with Gasteiger partial charge in [0.05, 0.1) is 10.2 Å². The molecule has 0 unspecified atom stereocenters. The molecule has 4 nitrogen and oxygen atoms in total. The van der Waals surface area contributed by atoms with Gasteiger partial charge in [0.1, 0.15) is 11.6 Å². The number of phenols is 1. The fourth-order valence-corrected chi connectivity index (χ4v) is 2.41. The Kier molecular flexibility index (Phi) is 4.37. The molecule has 0 radical (unpaired) electrons. The maximum Gasteiger partial charge on any atom is 0.161 e. The molecule has 2 rings (SSSR count). The molecular formula is C14H16BrN3O. The van der Waals surface area contributed by atoms with E-state index < -0.39 is 0 Å². The van der Waals surface area contributed by atoms with Gasteiger partial charge >= 0.3 is 0 Å². The molecule has 0 saturated heterocycles. The average Bonchev–Trinajstić information content (AvgIpc) is 2.41. The molecule has 2 aromatic rings. The number of hydrogen-bond acceptors (Lipinski definition) is 4. The molecule has 0 fully saturated rings. The van der Waals surface area contributed by atoms with Crippen molar-refractivity contribution in [3.63, 3.8) is 0 Å². The SMILES string of the molecule is CCCc1nc(-c2cccc(O)c2)nc(NC)c1Br. The van der Waals surface area contributed by atoms with Crippen LogP contribution in [-0.4, -0.2) is 22.1 Å². The van der Waals surface area contributed by atoms with Gasteiger partial charge in [0, 0.05) is 12.6 Å². The van der Waals surface area contributed by atoms with E-state index in [1.165, 1.54) is 0 Å². The summed E-state index contributed by atoms with van der Waals surface area (Å²) >= 11 is 3.53. The third-order valence-corrected chi connectivity index (χ3v) is 3.58. The Bertz CT molecular complexity index is 587. The number of halogens is 1. The molecular weight excluding hydrogens is 306 g/mol. The highest BCUT2D eigenvalue weighted by Crippen LogP contribution is 2.28. The first-order valence-electron chi connectivity index (χ1n) is 6.19. The highest BCUT2D eigenvalue weighted by molar-refractivity contribution is 9.10. The molecule has 1 aromatic carbocycles. The number of aryl methyl sites for hydroxylation is 1. The number of hydrogen-bond donors (Lipinski definition) is 2. The third-order valence-electron chi connectivity index (χ3n) is 2.75. The number of aromatic hydroxyl groups is 1. The molecule has 1 heterocycles. The highest BCUT2D eigenvalue weighted by atomic mass is 79.9. The first kappa shape index (κ1) is 13.8. The van der Waals surface area contributed by atoms with Crippen molar-refractivity contribution in [2.75, 3.05) is 12.4 Å². The number of rotatable bonds is 4. The summed E-state index contributed by atoms with van der Waals surface area (Å²) in [6.07, 6.45) is 1.89. The monoisotopic (exact) mass is 321 g/mol. The van der Waals surface area contributed by atoms with Crippen LogP contribution in [0, 0.1) is 0 Å². The quantitative estimate of drug-likeness (QED) is 0.903. The maximum atomic E-state index is 9.55. The number of aromatic nitrogens is 2. The fourth-order valence-electron chi connectivity index (χ4n) is 1.84. The smallest absolute Gasteiger partial charge is 0.161 e. The lowest BCUT2D eigenvalue weighted by atomic mass is 10.2. The summed E-state index contributed by atoms with van der Waals surface area (Å²) in [5, 5.41) is 12.6. The first-order valence-corrected chi connectivity index (χ1v) is 6.98. The third kappa shape index (κ3) is 3.04. The van der Waals surface area contributed by atoms with Gasteiger partial charge in [0.15, 0.2) is 5.82 Å². The summed E-state index contributed by atoms with van der Waals surface area (Å²) in [5.41, 5.74) is 1.78. The Balaban J connectivity index is 2.54. The van der Waals surface area contributed by atoms with Gasteiger partial charge in [-0.2, -0.15) is 0 Å². The van der Waals surface area contributed by atoms with E-state index in [0.717, 1.165) is 34.4 Å². The van der Waals surface area contributed by atoms with Gasteiger partial charge in [-0.15, -0.1) is 0 Å². The lowest BCUT2D eigenvalue weighted by Gasteiger charge is -2.10. The molecule has 0 bridgehead atoms. The zero-order valence-corrected chi connectivity index (χ0v) is 12.5. The summed E-state index contributed by atoms with van der Waals surface area (Å²) in [5.74, 6) is 1.59. The minimum Gasteiger partial charge on any atom is -0.508 e.